The summed E-state index contributed by atoms with van der Waals surface area (Å²) in [5.74, 6) is 0. The molecular formula is C11H15Br2ClS. The fraction of sp³-hybridized carbons (Fsp3) is 0.636. The van der Waals surface area contributed by atoms with E-state index in [-0.39, 0.29) is 0 Å². The monoisotopic (exact) mass is 372 g/mol. The van der Waals surface area contributed by atoms with Crippen molar-refractivity contribution >= 4 is 54.8 Å². The summed E-state index contributed by atoms with van der Waals surface area (Å²) < 4.78 is 0.888. The van der Waals surface area contributed by atoms with Gasteiger partial charge in [0.05, 0.1) is 4.34 Å². The van der Waals surface area contributed by atoms with Crippen LogP contribution in [0.3, 0.4) is 0 Å². The number of thiophene rings is 1. The molecule has 1 aromatic rings. The summed E-state index contributed by atoms with van der Waals surface area (Å²) in [7, 11) is 0. The van der Waals surface area contributed by atoms with Crippen LogP contribution >= 0.6 is 54.8 Å². The van der Waals surface area contributed by atoms with Gasteiger partial charge >= 0.3 is 0 Å². The van der Waals surface area contributed by atoms with Crippen LogP contribution < -0.4 is 0 Å². The Morgan fingerprint density at radius 2 is 2.00 bits per heavy atom. The maximum atomic E-state index is 5.95. The van der Waals surface area contributed by atoms with E-state index in [1.165, 1.54) is 17.7 Å². The standard InChI is InChI=1S/C11H15Br2ClS/c1-2-5-11(7-12,8-13)6-9-3-4-10(14)15-9/h3-4H,2,5-8H2,1H3. The van der Waals surface area contributed by atoms with Crippen LogP contribution in [0.2, 0.25) is 4.34 Å². The number of halogens is 3. The highest BCUT2D eigenvalue weighted by atomic mass is 79.9. The zero-order valence-corrected chi connectivity index (χ0v) is 13.5. The summed E-state index contributed by atoms with van der Waals surface area (Å²) >= 11 is 14.9. The number of hydrogen-bond donors (Lipinski definition) is 0. The lowest BCUT2D eigenvalue weighted by Crippen LogP contribution is -2.27. The quantitative estimate of drug-likeness (QED) is 0.575. The van der Waals surface area contributed by atoms with E-state index in [1.807, 2.05) is 6.07 Å². The summed E-state index contributed by atoms with van der Waals surface area (Å²) in [6.07, 6.45) is 3.56. The molecule has 0 unspecified atom stereocenters. The highest BCUT2D eigenvalue weighted by Gasteiger charge is 2.27. The average molecular weight is 375 g/mol. The minimum Gasteiger partial charge on any atom is -0.128 e. The molecule has 0 bridgehead atoms. The van der Waals surface area contributed by atoms with Gasteiger partial charge in [0.2, 0.25) is 0 Å². The first kappa shape index (κ1) is 14.0. The molecular weight excluding hydrogens is 359 g/mol. The minimum atomic E-state index is 0.336. The first-order chi connectivity index (χ1) is 7.15. The molecule has 0 aliphatic rings. The van der Waals surface area contributed by atoms with Crippen LogP contribution in [0, 0.1) is 5.41 Å². The molecule has 15 heavy (non-hydrogen) atoms. The Labute approximate surface area is 118 Å². The smallest absolute Gasteiger partial charge is 0.0931 e. The SMILES string of the molecule is CCCC(CBr)(CBr)Cc1ccc(Cl)s1. The maximum absolute atomic E-state index is 5.95. The Morgan fingerprint density at radius 1 is 1.33 bits per heavy atom. The van der Waals surface area contributed by atoms with Crippen molar-refractivity contribution in [2.45, 2.75) is 26.2 Å². The van der Waals surface area contributed by atoms with Gasteiger partial charge in [-0.1, -0.05) is 56.8 Å². The molecule has 0 aliphatic heterocycles. The van der Waals surface area contributed by atoms with Gasteiger partial charge in [-0.3, -0.25) is 0 Å². The third-order valence-corrected chi connectivity index (χ3v) is 6.14. The van der Waals surface area contributed by atoms with Crippen molar-refractivity contribution in [3.05, 3.63) is 21.3 Å². The van der Waals surface area contributed by atoms with Crippen molar-refractivity contribution in [1.82, 2.24) is 0 Å². The molecule has 1 rings (SSSR count). The molecule has 0 N–H and O–H groups in total. The molecule has 1 heterocycles. The molecule has 0 fully saturated rings. The van der Waals surface area contributed by atoms with Gasteiger partial charge in [-0.25, -0.2) is 0 Å². The van der Waals surface area contributed by atoms with Gasteiger partial charge < -0.3 is 0 Å². The van der Waals surface area contributed by atoms with E-state index in [0.29, 0.717) is 5.41 Å². The molecule has 0 saturated carbocycles. The van der Waals surface area contributed by atoms with Crippen LogP contribution in [-0.4, -0.2) is 10.7 Å². The largest absolute Gasteiger partial charge is 0.128 e. The molecule has 0 saturated heterocycles. The molecule has 1 aromatic heterocycles. The van der Waals surface area contributed by atoms with Crippen molar-refractivity contribution in [3.8, 4) is 0 Å². The zero-order chi connectivity index (χ0) is 11.3. The zero-order valence-electron chi connectivity index (χ0n) is 8.73. The maximum Gasteiger partial charge on any atom is 0.0931 e. The first-order valence-electron chi connectivity index (χ1n) is 5.02. The van der Waals surface area contributed by atoms with Gasteiger partial charge in [0.15, 0.2) is 0 Å². The number of hydrogen-bond acceptors (Lipinski definition) is 1. The Morgan fingerprint density at radius 3 is 2.40 bits per heavy atom. The Balaban J connectivity index is 2.73. The molecule has 0 nitrogen and oxygen atoms in total. The van der Waals surface area contributed by atoms with Gasteiger partial charge in [0.1, 0.15) is 0 Å². The molecule has 0 aromatic carbocycles. The second kappa shape index (κ2) is 6.63. The second-order valence-corrected chi connectivity index (χ2v) is 6.82. The summed E-state index contributed by atoms with van der Waals surface area (Å²) in [4.78, 5) is 1.38. The normalized spacial score (nSPS) is 12.0. The molecule has 0 atom stereocenters. The lowest BCUT2D eigenvalue weighted by molar-refractivity contribution is 0.354. The van der Waals surface area contributed by atoms with E-state index >= 15 is 0 Å². The van der Waals surface area contributed by atoms with Crippen LogP contribution in [0.5, 0.6) is 0 Å². The van der Waals surface area contributed by atoms with Crippen LogP contribution in [0.4, 0.5) is 0 Å². The Kier molecular flexibility index (Phi) is 6.19. The number of alkyl halides is 2. The molecule has 4 heteroatoms. The van der Waals surface area contributed by atoms with E-state index in [0.717, 1.165) is 21.4 Å². The third-order valence-electron chi connectivity index (χ3n) is 2.53. The van der Waals surface area contributed by atoms with Crippen molar-refractivity contribution in [3.63, 3.8) is 0 Å². The predicted octanol–water partition coefficient (Wildman–Crippen LogP) is 5.52. The van der Waals surface area contributed by atoms with E-state index in [1.54, 1.807) is 11.3 Å². The van der Waals surface area contributed by atoms with Crippen molar-refractivity contribution in [2.75, 3.05) is 10.7 Å². The molecule has 86 valence electrons. The van der Waals surface area contributed by atoms with Crippen molar-refractivity contribution < 1.29 is 0 Å². The van der Waals surface area contributed by atoms with E-state index in [2.05, 4.69) is 44.8 Å². The van der Waals surface area contributed by atoms with Crippen LogP contribution in [0.15, 0.2) is 12.1 Å². The average Bonchev–Trinajstić information content (AvgIpc) is 2.63. The van der Waals surface area contributed by atoms with Crippen molar-refractivity contribution in [2.24, 2.45) is 5.41 Å². The Bertz CT molecular complexity index is 295. The summed E-state index contributed by atoms with van der Waals surface area (Å²) in [6.45, 7) is 2.24. The second-order valence-electron chi connectivity index (χ2n) is 3.90. The van der Waals surface area contributed by atoms with Crippen LogP contribution in [0.25, 0.3) is 0 Å². The molecule has 0 amide bonds. The van der Waals surface area contributed by atoms with Gasteiger partial charge in [0.25, 0.3) is 0 Å². The topological polar surface area (TPSA) is 0 Å². The molecule has 0 spiro atoms. The van der Waals surface area contributed by atoms with Crippen LogP contribution in [-0.2, 0) is 6.42 Å². The summed E-state index contributed by atoms with van der Waals surface area (Å²) in [6, 6.07) is 4.13. The highest BCUT2D eigenvalue weighted by molar-refractivity contribution is 9.09. The van der Waals surface area contributed by atoms with Gasteiger partial charge in [-0.2, -0.15) is 0 Å². The number of rotatable bonds is 6. The molecule has 0 radical (unpaired) electrons. The van der Waals surface area contributed by atoms with Gasteiger partial charge in [-0.05, 0) is 30.4 Å². The summed E-state index contributed by atoms with van der Waals surface area (Å²) in [5, 5.41) is 2.07. The van der Waals surface area contributed by atoms with E-state index in [9.17, 15) is 0 Å². The lowest BCUT2D eigenvalue weighted by atomic mass is 9.84. The predicted molar refractivity (Wildman–Crippen MR) is 78.0 cm³/mol. The Hall–Kier alpha value is 0.950. The van der Waals surface area contributed by atoms with E-state index in [4.69, 9.17) is 11.6 Å². The lowest BCUT2D eigenvalue weighted by Gasteiger charge is -2.29. The van der Waals surface area contributed by atoms with Gasteiger partial charge in [-0.15, -0.1) is 11.3 Å². The summed E-state index contributed by atoms with van der Waals surface area (Å²) in [5.41, 5.74) is 0.336. The highest BCUT2D eigenvalue weighted by Crippen LogP contribution is 2.35. The minimum absolute atomic E-state index is 0.336. The first-order valence-corrected chi connectivity index (χ1v) is 8.45. The molecule has 0 aliphatic carbocycles. The van der Waals surface area contributed by atoms with Crippen molar-refractivity contribution in [1.29, 1.82) is 0 Å². The van der Waals surface area contributed by atoms with E-state index < -0.39 is 0 Å². The van der Waals surface area contributed by atoms with Gasteiger partial charge in [0, 0.05) is 15.5 Å². The third kappa shape index (κ3) is 4.03. The van der Waals surface area contributed by atoms with Crippen LogP contribution in [0.1, 0.15) is 24.6 Å². The fourth-order valence-corrected chi connectivity index (χ4v) is 4.85. The fourth-order valence-electron chi connectivity index (χ4n) is 1.70.